The molecule has 27 heavy (non-hydrogen) atoms. The number of hydrazone groups is 1. The highest BCUT2D eigenvalue weighted by Crippen LogP contribution is 2.16. The summed E-state index contributed by atoms with van der Waals surface area (Å²) in [6, 6.07) is 1.31. The van der Waals surface area contributed by atoms with Crippen LogP contribution in [0, 0.1) is 0 Å². The predicted octanol–water partition coefficient (Wildman–Crippen LogP) is 0.0391. The van der Waals surface area contributed by atoms with Gasteiger partial charge in [-0.1, -0.05) is 0 Å². The second kappa shape index (κ2) is 7.01. The van der Waals surface area contributed by atoms with Gasteiger partial charge in [-0.05, 0) is 6.07 Å². The van der Waals surface area contributed by atoms with Crippen molar-refractivity contribution in [3.05, 3.63) is 40.8 Å². The zero-order chi connectivity index (χ0) is 19.6. The monoisotopic (exact) mass is 382 g/mol. The van der Waals surface area contributed by atoms with E-state index in [-0.39, 0.29) is 17.6 Å². The first-order chi connectivity index (χ1) is 12.7. The van der Waals surface area contributed by atoms with Crippen molar-refractivity contribution in [3.8, 4) is 0 Å². The molecule has 0 radical (unpaired) electrons. The molecule has 13 heteroatoms. The number of alkyl halides is 3. The summed E-state index contributed by atoms with van der Waals surface area (Å²) in [4.78, 5) is 28.2. The van der Waals surface area contributed by atoms with E-state index in [4.69, 9.17) is 0 Å². The number of aryl methyl sites for hydroxylation is 1. The van der Waals surface area contributed by atoms with Crippen LogP contribution in [0.4, 0.5) is 13.2 Å². The molecule has 0 saturated carbocycles. The third-order valence-electron chi connectivity index (χ3n) is 3.42. The van der Waals surface area contributed by atoms with Crippen molar-refractivity contribution in [2.24, 2.45) is 12.1 Å². The van der Waals surface area contributed by atoms with Gasteiger partial charge in [-0.25, -0.2) is 10.4 Å². The van der Waals surface area contributed by atoms with Crippen LogP contribution in [0.5, 0.6) is 0 Å². The molecule has 142 valence electrons. The predicted molar refractivity (Wildman–Crippen MR) is 86.8 cm³/mol. The standard InChI is InChI=1S/C14H13F3N8O2/c1-23-12-10(5-20-23)13(27)24(8-18-12)6-11(26)21-19-4-9-2-3-25(22-9)7-14(15,16)17/h2-5,8H,6-7H2,1H3,(H,21,26)/b19-4+. The molecule has 3 aromatic heterocycles. The highest BCUT2D eigenvalue weighted by Gasteiger charge is 2.28. The lowest BCUT2D eigenvalue weighted by molar-refractivity contribution is -0.142. The lowest BCUT2D eigenvalue weighted by Crippen LogP contribution is -2.30. The molecule has 0 bridgehead atoms. The highest BCUT2D eigenvalue weighted by atomic mass is 19.4. The second-order valence-corrected chi connectivity index (χ2v) is 5.53. The molecule has 0 aliphatic rings. The fourth-order valence-corrected chi connectivity index (χ4v) is 2.26. The molecule has 0 spiro atoms. The van der Waals surface area contributed by atoms with E-state index in [9.17, 15) is 22.8 Å². The number of nitrogens with one attached hydrogen (secondary N) is 1. The fourth-order valence-electron chi connectivity index (χ4n) is 2.26. The molecule has 0 aromatic carbocycles. The first kappa shape index (κ1) is 18.3. The number of fused-ring (bicyclic) bond motifs is 1. The fraction of sp³-hybridized carbons (Fsp3) is 0.286. The first-order valence-corrected chi connectivity index (χ1v) is 7.52. The van der Waals surface area contributed by atoms with E-state index in [0.717, 1.165) is 17.0 Å². The second-order valence-electron chi connectivity index (χ2n) is 5.53. The minimum Gasteiger partial charge on any atom is -0.289 e. The molecular formula is C14H13F3N8O2. The van der Waals surface area contributed by atoms with Crippen molar-refractivity contribution in [1.82, 2.24) is 34.5 Å². The lowest BCUT2D eigenvalue weighted by Gasteiger charge is -2.05. The van der Waals surface area contributed by atoms with Gasteiger partial charge in [-0.15, -0.1) is 0 Å². The van der Waals surface area contributed by atoms with Gasteiger partial charge in [0.1, 0.15) is 30.5 Å². The average Bonchev–Trinajstić information content (AvgIpc) is 3.16. The van der Waals surface area contributed by atoms with Crippen LogP contribution in [-0.2, 0) is 24.9 Å². The highest BCUT2D eigenvalue weighted by molar-refractivity contribution is 5.81. The van der Waals surface area contributed by atoms with Crippen molar-refractivity contribution in [3.63, 3.8) is 0 Å². The largest absolute Gasteiger partial charge is 0.408 e. The molecule has 0 aliphatic carbocycles. The van der Waals surface area contributed by atoms with Gasteiger partial charge in [0, 0.05) is 13.2 Å². The van der Waals surface area contributed by atoms with E-state index in [1.807, 2.05) is 0 Å². The van der Waals surface area contributed by atoms with Crippen LogP contribution in [-0.4, -0.2) is 47.4 Å². The van der Waals surface area contributed by atoms with Gasteiger partial charge >= 0.3 is 6.18 Å². The Morgan fingerprint density at radius 3 is 2.93 bits per heavy atom. The van der Waals surface area contributed by atoms with Crippen molar-refractivity contribution in [1.29, 1.82) is 0 Å². The number of carbonyl (C=O) groups is 1. The lowest BCUT2D eigenvalue weighted by atomic mass is 10.4. The van der Waals surface area contributed by atoms with Gasteiger partial charge < -0.3 is 0 Å². The number of halogens is 3. The summed E-state index contributed by atoms with van der Waals surface area (Å²) in [7, 11) is 1.64. The Kier molecular flexibility index (Phi) is 4.75. The smallest absolute Gasteiger partial charge is 0.289 e. The van der Waals surface area contributed by atoms with E-state index in [0.29, 0.717) is 10.3 Å². The van der Waals surface area contributed by atoms with Gasteiger partial charge in [-0.3, -0.25) is 23.5 Å². The summed E-state index contributed by atoms with van der Waals surface area (Å²) < 4.78 is 40.0. The minimum absolute atomic E-state index is 0.134. The van der Waals surface area contributed by atoms with Gasteiger partial charge in [-0.2, -0.15) is 28.5 Å². The van der Waals surface area contributed by atoms with E-state index < -0.39 is 24.2 Å². The third kappa shape index (κ3) is 4.37. The van der Waals surface area contributed by atoms with Gasteiger partial charge in [0.25, 0.3) is 11.5 Å². The molecule has 0 unspecified atom stereocenters. The maximum Gasteiger partial charge on any atom is 0.408 e. The van der Waals surface area contributed by atoms with Gasteiger partial charge in [0.05, 0.1) is 12.4 Å². The van der Waals surface area contributed by atoms with Crippen LogP contribution in [0.25, 0.3) is 11.0 Å². The zero-order valence-electron chi connectivity index (χ0n) is 13.9. The summed E-state index contributed by atoms with van der Waals surface area (Å²) >= 11 is 0. The van der Waals surface area contributed by atoms with E-state index in [1.165, 1.54) is 23.3 Å². The molecule has 1 amide bonds. The third-order valence-corrected chi connectivity index (χ3v) is 3.42. The SMILES string of the molecule is Cn1ncc2c(=O)n(CC(=O)N/N=C/c3ccn(CC(F)(F)F)n3)cnc21. The van der Waals surface area contributed by atoms with Crippen molar-refractivity contribution in [2.45, 2.75) is 19.3 Å². The average molecular weight is 382 g/mol. The number of carbonyl (C=O) groups excluding carboxylic acids is 1. The number of amides is 1. The van der Waals surface area contributed by atoms with E-state index >= 15 is 0 Å². The van der Waals surface area contributed by atoms with Crippen LogP contribution in [0.1, 0.15) is 5.69 Å². The zero-order valence-corrected chi connectivity index (χ0v) is 13.9. The molecular weight excluding hydrogens is 369 g/mol. The molecule has 0 atom stereocenters. The maximum absolute atomic E-state index is 12.3. The Morgan fingerprint density at radius 2 is 2.19 bits per heavy atom. The van der Waals surface area contributed by atoms with Crippen LogP contribution < -0.4 is 11.0 Å². The topological polar surface area (TPSA) is 112 Å². The quantitative estimate of drug-likeness (QED) is 0.495. The number of nitrogens with zero attached hydrogens (tertiary/aromatic N) is 7. The number of hydrogen-bond donors (Lipinski definition) is 1. The summed E-state index contributed by atoms with van der Waals surface area (Å²) in [6.07, 6.45) is 0.426. The summed E-state index contributed by atoms with van der Waals surface area (Å²) in [6.45, 7) is -1.56. The molecule has 1 N–H and O–H groups in total. The van der Waals surface area contributed by atoms with Gasteiger partial charge in [0.2, 0.25) is 0 Å². The minimum atomic E-state index is -4.38. The van der Waals surface area contributed by atoms with Crippen molar-refractivity contribution < 1.29 is 18.0 Å². The Morgan fingerprint density at radius 1 is 1.41 bits per heavy atom. The Bertz CT molecular complexity index is 1060. The normalized spacial score (nSPS) is 12.1. The Hall–Kier alpha value is -3.51. The number of aromatic nitrogens is 6. The first-order valence-electron chi connectivity index (χ1n) is 7.52. The van der Waals surface area contributed by atoms with E-state index in [2.05, 4.69) is 25.7 Å². The summed E-state index contributed by atoms with van der Waals surface area (Å²) in [5.74, 6) is -0.617. The summed E-state index contributed by atoms with van der Waals surface area (Å²) in [5, 5.41) is 11.4. The summed E-state index contributed by atoms with van der Waals surface area (Å²) in [5.41, 5.74) is 2.26. The van der Waals surface area contributed by atoms with Gasteiger partial charge in [0.15, 0.2) is 5.65 Å². The Labute approximate surface area is 148 Å². The van der Waals surface area contributed by atoms with Crippen LogP contribution >= 0.6 is 0 Å². The van der Waals surface area contributed by atoms with Crippen LogP contribution in [0.15, 0.2) is 34.7 Å². The van der Waals surface area contributed by atoms with E-state index in [1.54, 1.807) is 7.05 Å². The number of hydrogen-bond acceptors (Lipinski definition) is 6. The maximum atomic E-state index is 12.3. The van der Waals surface area contributed by atoms with Crippen molar-refractivity contribution >= 4 is 23.2 Å². The molecule has 10 nitrogen and oxygen atoms in total. The molecule has 3 rings (SSSR count). The molecule has 0 aliphatic heterocycles. The van der Waals surface area contributed by atoms with Crippen molar-refractivity contribution in [2.75, 3.05) is 0 Å². The van der Waals surface area contributed by atoms with Crippen LogP contribution in [0.3, 0.4) is 0 Å². The molecule has 0 saturated heterocycles. The molecule has 3 heterocycles. The molecule has 0 fully saturated rings. The number of rotatable bonds is 5. The van der Waals surface area contributed by atoms with Crippen LogP contribution in [0.2, 0.25) is 0 Å². The molecule has 3 aromatic rings. The Balaban J connectivity index is 1.61.